The van der Waals surface area contributed by atoms with Crippen LogP contribution in [0.15, 0.2) is 0 Å². The molecule has 0 aromatic rings. The molecular weight excluding hydrogens is 214 g/mol. The maximum atomic E-state index is 11.7. The summed E-state index contributed by atoms with van der Waals surface area (Å²) in [5.41, 5.74) is -0.453. The van der Waals surface area contributed by atoms with Gasteiger partial charge in [-0.1, -0.05) is 13.8 Å². The molecule has 0 aromatic carbocycles. The first-order chi connectivity index (χ1) is 8.07. The average Bonchev–Trinajstić information content (AvgIpc) is 3.12. The van der Waals surface area contributed by atoms with Gasteiger partial charge in [-0.2, -0.15) is 0 Å². The van der Waals surface area contributed by atoms with Crippen molar-refractivity contribution in [2.45, 2.75) is 58.4 Å². The summed E-state index contributed by atoms with van der Waals surface area (Å²) < 4.78 is 0. The Morgan fingerprint density at radius 2 is 1.88 bits per heavy atom. The van der Waals surface area contributed by atoms with Crippen molar-refractivity contribution in [3.05, 3.63) is 0 Å². The van der Waals surface area contributed by atoms with E-state index in [1.807, 2.05) is 0 Å². The summed E-state index contributed by atoms with van der Waals surface area (Å²) in [6.07, 6.45) is 6.42. The number of aliphatic carboxylic acids is 1. The minimum Gasteiger partial charge on any atom is -0.481 e. The van der Waals surface area contributed by atoms with Crippen molar-refractivity contribution in [3.8, 4) is 0 Å². The molecule has 0 unspecified atom stereocenters. The van der Waals surface area contributed by atoms with Gasteiger partial charge in [0, 0.05) is 12.6 Å². The van der Waals surface area contributed by atoms with Crippen molar-refractivity contribution in [1.82, 2.24) is 4.90 Å². The molecular formula is C14H25NO2. The highest BCUT2D eigenvalue weighted by Gasteiger charge is 2.44. The topological polar surface area (TPSA) is 40.5 Å². The lowest BCUT2D eigenvalue weighted by molar-refractivity contribution is -0.153. The first-order valence-corrected chi connectivity index (χ1v) is 7.05. The van der Waals surface area contributed by atoms with E-state index >= 15 is 0 Å². The van der Waals surface area contributed by atoms with Crippen molar-refractivity contribution in [1.29, 1.82) is 0 Å². The third-order valence-corrected chi connectivity index (χ3v) is 4.66. The van der Waals surface area contributed by atoms with Crippen LogP contribution in [0, 0.1) is 11.3 Å². The number of rotatable bonds is 5. The minimum absolute atomic E-state index is 0.453. The molecule has 2 saturated carbocycles. The Morgan fingerprint density at radius 3 is 2.29 bits per heavy atom. The monoisotopic (exact) mass is 239 g/mol. The molecule has 3 heteroatoms. The van der Waals surface area contributed by atoms with Crippen molar-refractivity contribution >= 4 is 5.97 Å². The number of hydrogen-bond donors (Lipinski definition) is 1. The summed E-state index contributed by atoms with van der Waals surface area (Å²) in [7, 11) is 0. The molecule has 17 heavy (non-hydrogen) atoms. The van der Waals surface area contributed by atoms with Gasteiger partial charge in [0.15, 0.2) is 0 Å². The van der Waals surface area contributed by atoms with Crippen LogP contribution in [0.25, 0.3) is 0 Å². The highest BCUT2D eigenvalue weighted by atomic mass is 16.4. The second kappa shape index (κ2) is 4.97. The second-order valence-corrected chi connectivity index (χ2v) is 6.06. The van der Waals surface area contributed by atoms with Crippen LogP contribution in [0.3, 0.4) is 0 Å². The molecule has 0 saturated heterocycles. The summed E-state index contributed by atoms with van der Waals surface area (Å²) in [5, 5.41) is 9.59. The average molecular weight is 239 g/mol. The normalized spacial score (nSPS) is 33.9. The van der Waals surface area contributed by atoms with Crippen LogP contribution in [-0.2, 0) is 4.79 Å². The van der Waals surface area contributed by atoms with Crippen LogP contribution in [-0.4, -0.2) is 35.1 Å². The quantitative estimate of drug-likeness (QED) is 0.802. The predicted octanol–water partition coefficient (Wildman–Crippen LogP) is 2.75. The van der Waals surface area contributed by atoms with Gasteiger partial charge < -0.3 is 5.11 Å². The third kappa shape index (κ3) is 2.82. The summed E-state index contributed by atoms with van der Waals surface area (Å²) in [6.45, 7) is 6.16. The summed E-state index contributed by atoms with van der Waals surface area (Å²) in [4.78, 5) is 14.0. The fourth-order valence-electron chi connectivity index (χ4n) is 3.08. The van der Waals surface area contributed by atoms with E-state index in [1.54, 1.807) is 0 Å². The molecule has 2 aliphatic rings. The van der Waals surface area contributed by atoms with E-state index in [4.69, 9.17) is 0 Å². The molecule has 0 amide bonds. The Bertz CT molecular complexity index is 278. The maximum Gasteiger partial charge on any atom is 0.310 e. The van der Waals surface area contributed by atoms with Crippen molar-refractivity contribution < 1.29 is 9.90 Å². The van der Waals surface area contributed by atoms with Gasteiger partial charge in [-0.15, -0.1) is 0 Å². The molecule has 2 fully saturated rings. The zero-order valence-corrected chi connectivity index (χ0v) is 11.1. The Kier molecular flexibility index (Phi) is 3.76. The van der Waals surface area contributed by atoms with Gasteiger partial charge in [-0.25, -0.2) is 0 Å². The SMILES string of the molecule is CCN(CC1(C(=O)O)CCC(C)CC1)C1CC1. The fourth-order valence-corrected chi connectivity index (χ4v) is 3.08. The molecule has 2 rings (SSSR count). The zero-order chi connectivity index (χ0) is 12.5. The molecule has 3 nitrogen and oxygen atoms in total. The lowest BCUT2D eigenvalue weighted by Crippen LogP contribution is -2.46. The molecule has 98 valence electrons. The van der Waals surface area contributed by atoms with Crippen LogP contribution in [0.5, 0.6) is 0 Å². The molecule has 0 heterocycles. The Morgan fingerprint density at radius 1 is 1.29 bits per heavy atom. The molecule has 1 N–H and O–H groups in total. The Labute approximate surface area is 104 Å². The van der Waals surface area contributed by atoms with Crippen LogP contribution in [0.4, 0.5) is 0 Å². The van der Waals surface area contributed by atoms with Crippen LogP contribution >= 0.6 is 0 Å². The maximum absolute atomic E-state index is 11.7. The fraction of sp³-hybridized carbons (Fsp3) is 0.929. The summed E-state index contributed by atoms with van der Waals surface area (Å²) in [6, 6.07) is 0.676. The molecule has 0 aromatic heterocycles. The largest absolute Gasteiger partial charge is 0.481 e. The highest BCUT2D eigenvalue weighted by Crippen LogP contribution is 2.41. The number of hydrogen-bond acceptors (Lipinski definition) is 2. The van der Waals surface area contributed by atoms with Gasteiger partial charge >= 0.3 is 5.97 Å². The Balaban J connectivity index is 2.03. The van der Waals surface area contributed by atoms with E-state index in [0.717, 1.165) is 38.8 Å². The van der Waals surface area contributed by atoms with Crippen molar-refractivity contribution in [2.75, 3.05) is 13.1 Å². The van der Waals surface area contributed by atoms with Crippen LogP contribution < -0.4 is 0 Å². The standard InChI is InChI=1S/C14H25NO2/c1-3-15(12-4-5-12)10-14(13(16)17)8-6-11(2)7-9-14/h11-12H,3-10H2,1-2H3,(H,16,17). The third-order valence-electron chi connectivity index (χ3n) is 4.66. The van der Waals surface area contributed by atoms with Crippen molar-refractivity contribution in [2.24, 2.45) is 11.3 Å². The first kappa shape index (κ1) is 12.9. The second-order valence-electron chi connectivity index (χ2n) is 6.06. The van der Waals surface area contributed by atoms with E-state index in [1.165, 1.54) is 12.8 Å². The smallest absolute Gasteiger partial charge is 0.310 e. The molecule has 2 aliphatic carbocycles. The first-order valence-electron chi connectivity index (χ1n) is 7.05. The molecule has 0 spiro atoms. The van der Waals surface area contributed by atoms with Gasteiger partial charge in [-0.3, -0.25) is 9.69 Å². The van der Waals surface area contributed by atoms with Gasteiger partial charge in [0.05, 0.1) is 5.41 Å². The van der Waals surface area contributed by atoms with E-state index in [2.05, 4.69) is 18.7 Å². The van der Waals surface area contributed by atoms with Gasteiger partial charge in [0.1, 0.15) is 0 Å². The summed E-state index contributed by atoms with van der Waals surface area (Å²) in [5.74, 6) is 0.141. The predicted molar refractivity (Wildman–Crippen MR) is 68.0 cm³/mol. The molecule has 0 bridgehead atoms. The minimum atomic E-state index is -0.566. The molecule has 0 radical (unpaired) electrons. The number of nitrogens with zero attached hydrogens (tertiary/aromatic N) is 1. The zero-order valence-electron chi connectivity index (χ0n) is 11.1. The number of carbonyl (C=O) groups is 1. The van der Waals surface area contributed by atoms with Gasteiger partial charge in [0.2, 0.25) is 0 Å². The van der Waals surface area contributed by atoms with E-state index in [9.17, 15) is 9.90 Å². The lowest BCUT2D eigenvalue weighted by Gasteiger charge is -2.39. The van der Waals surface area contributed by atoms with Crippen LogP contribution in [0.1, 0.15) is 52.4 Å². The molecule has 0 aliphatic heterocycles. The van der Waals surface area contributed by atoms with Gasteiger partial charge in [-0.05, 0) is 51.0 Å². The number of carboxylic acid groups (broad SMARTS) is 1. The summed E-state index contributed by atoms with van der Waals surface area (Å²) >= 11 is 0. The van der Waals surface area contributed by atoms with Gasteiger partial charge in [0.25, 0.3) is 0 Å². The number of carboxylic acids is 1. The molecule has 0 atom stereocenters. The lowest BCUT2D eigenvalue weighted by atomic mass is 9.70. The highest BCUT2D eigenvalue weighted by molar-refractivity contribution is 5.75. The van der Waals surface area contributed by atoms with E-state index in [0.29, 0.717) is 12.0 Å². The van der Waals surface area contributed by atoms with E-state index in [-0.39, 0.29) is 0 Å². The van der Waals surface area contributed by atoms with Crippen LogP contribution in [0.2, 0.25) is 0 Å². The van der Waals surface area contributed by atoms with E-state index < -0.39 is 11.4 Å². The Hall–Kier alpha value is -0.570. The van der Waals surface area contributed by atoms with Crippen molar-refractivity contribution in [3.63, 3.8) is 0 Å².